The Hall–Kier alpha value is -2.30. The molecule has 0 bridgehead atoms. The predicted molar refractivity (Wildman–Crippen MR) is 84.7 cm³/mol. The number of carbonyl (C=O) groups excluding carboxylic acids is 1. The van der Waals surface area contributed by atoms with E-state index in [-0.39, 0.29) is 17.5 Å². The number of aryl methyl sites for hydroxylation is 1. The first kappa shape index (κ1) is 14.6. The Morgan fingerprint density at radius 2 is 2.23 bits per heavy atom. The lowest BCUT2D eigenvalue weighted by atomic mass is 9.75. The monoisotopic (exact) mass is 299 g/mol. The molecule has 0 fully saturated rings. The molecule has 0 spiro atoms. The maximum atomic E-state index is 12.2. The molecule has 1 aliphatic rings. The number of nitrogens with one attached hydrogen (secondary N) is 2. The number of amides is 2. The molecule has 0 aliphatic heterocycles. The number of fused-ring (bicyclic) bond motifs is 1. The van der Waals surface area contributed by atoms with E-state index in [0.29, 0.717) is 5.82 Å². The molecule has 2 aromatic rings. The summed E-state index contributed by atoms with van der Waals surface area (Å²) in [4.78, 5) is 16.3. The molecule has 0 saturated heterocycles. The van der Waals surface area contributed by atoms with Crippen LogP contribution in [0.5, 0.6) is 0 Å². The Morgan fingerprint density at radius 3 is 2.95 bits per heavy atom. The van der Waals surface area contributed by atoms with Gasteiger partial charge in [-0.2, -0.15) is 0 Å². The van der Waals surface area contributed by atoms with Crippen LogP contribution in [0, 0.1) is 12.3 Å². The van der Waals surface area contributed by atoms with E-state index in [1.165, 1.54) is 0 Å². The molecule has 2 aromatic heterocycles. The van der Waals surface area contributed by atoms with Crippen LogP contribution in [0.3, 0.4) is 0 Å². The fraction of sp³-hybridized carbons (Fsp3) is 0.412. The highest BCUT2D eigenvalue weighted by atomic mass is 16.3. The van der Waals surface area contributed by atoms with Gasteiger partial charge in [-0.3, -0.25) is 5.32 Å². The second-order valence-corrected chi connectivity index (χ2v) is 6.65. The smallest absolute Gasteiger partial charge is 0.320 e. The van der Waals surface area contributed by atoms with Gasteiger partial charge in [0.15, 0.2) is 0 Å². The summed E-state index contributed by atoms with van der Waals surface area (Å²) >= 11 is 0. The summed E-state index contributed by atoms with van der Waals surface area (Å²) in [6.07, 6.45) is 3.43. The number of aromatic nitrogens is 1. The number of pyridine rings is 1. The summed E-state index contributed by atoms with van der Waals surface area (Å²) < 4.78 is 5.79. The molecule has 1 atom stereocenters. The van der Waals surface area contributed by atoms with Crippen LogP contribution in [0.2, 0.25) is 0 Å². The Morgan fingerprint density at radius 1 is 1.41 bits per heavy atom. The van der Waals surface area contributed by atoms with E-state index in [2.05, 4.69) is 29.5 Å². The first-order chi connectivity index (χ1) is 10.4. The number of hydrogen-bond donors (Lipinski definition) is 2. The normalized spacial score (nSPS) is 19.3. The minimum Gasteiger partial charge on any atom is -0.466 e. The molecule has 0 saturated carbocycles. The van der Waals surface area contributed by atoms with Gasteiger partial charge in [0.2, 0.25) is 0 Å². The maximum Gasteiger partial charge on any atom is 0.320 e. The van der Waals surface area contributed by atoms with Crippen molar-refractivity contribution >= 4 is 11.8 Å². The second-order valence-electron chi connectivity index (χ2n) is 6.65. The van der Waals surface area contributed by atoms with Crippen molar-refractivity contribution in [3.63, 3.8) is 0 Å². The lowest BCUT2D eigenvalue weighted by Crippen LogP contribution is -2.38. The minimum absolute atomic E-state index is 0.0417. The van der Waals surface area contributed by atoms with Crippen LogP contribution >= 0.6 is 0 Å². The van der Waals surface area contributed by atoms with Crippen molar-refractivity contribution in [3.05, 3.63) is 47.5 Å². The standard InChI is InChI=1S/C17H21N3O2/c1-11-8-12-13(9-17(2,3)10-14(12)22-11)19-16(21)20-15-6-4-5-7-18-15/h4-8,13H,9-10H2,1-3H3,(H2,18,19,20,21)/t13-/m1/s1. The van der Waals surface area contributed by atoms with E-state index in [0.717, 1.165) is 29.9 Å². The number of hydrogen-bond acceptors (Lipinski definition) is 3. The Bertz CT molecular complexity index is 676. The van der Waals surface area contributed by atoms with Gasteiger partial charge in [0.05, 0.1) is 6.04 Å². The SMILES string of the molecule is Cc1cc2c(o1)CC(C)(C)C[C@H]2NC(=O)Nc1ccccn1. The fourth-order valence-corrected chi connectivity index (χ4v) is 3.06. The van der Waals surface area contributed by atoms with Gasteiger partial charge in [0.25, 0.3) is 0 Å². The Balaban J connectivity index is 1.75. The zero-order valence-corrected chi connectivity index (χ0v) is 13.1. The van der Waals surface area contributed by atoms with Crippen LogP contribution in [0.25, 0.3) is 0 Å². The maximum absolute atomic E-state index is 12.2. The molecule has 0 aromatic carbocycles. The van der Waals surface area contributed by atoms with E-state index in [9.17, 15) is 4.79 Å². The van der Waals surface area contributed by atoms with Crippen LogP contribution < -0.4 is 10.6 Å². The number of rotatable bonds is 2. The van der Waals surface area contributed by atoms with E-state index in [1.54, 1.807) is 12.3 Å². The lowest BCUT2D eigenvalue weighted by Gasteiger charge is -2.34. The number of carbonyl (C=O) groups is 1. The number of furan rings is 1. The highest BCUT2D eigenvalue weighted by Crippen LogP contribution is 2.41. The average molecular weight is 299 g/mol. The van der Waals surface area contributed by atoms with Crippen molar-refractivity contribution in [2.45, 2.75) is 39.7 Å². The van der Waals surface area contributed by atoms with Crippen LogP contribution in [-0.2, 0) is 6.42 Å². The predicted octanol–water partition coefficient (Wildman–Crippen LogP) is 3.82. The third-order valence-electron chi connectivity index (χ3n) is 3.95. The molecule has 116 valence electrons. The van der Waals surface area contributed by atoms with Gasteiger partial charge in [0, 0.05) is 18.2 Å². The summed E-state index contributed by atoms with van der Waals surface area (Å²) in [5.74, 6) is 2.41. The molecule has 3 rings (SSSR count). The Labute approximate surface area is 130 Å². The van der Waals surface area contributed by atoms with Gasteiger partial charge in [-0.25, -0.2) is 9.78 Å². The molecule has 22 heavy (non-hydrogen) atoms. The van der Waals surface area contributed by atoms with Crippen molar-refractivity contribution in [1.29, 1.82) is 0 Å². The fourth-order valence-electron chi connectivity index (χ4n) is 3.06. The van der Waals surface area contributed by atoms with Gasteiger partial charge in [0.1, 0.15) is 17.3 Å². The summed E-state index contributed by atoms with van der Waals surface area (Å²) in [5, 5.41) is 5.80. The summed E-state index contributed by atoms with van der Waals surface area (Å²) in [6.45, 7) is 6.33. The molecule has 0 unspecified atom stereocenters. The van der Waals surface area contributed by atoms with Gasteiger partial charge in [-0.05, 0) is 37.0 Å². The highest BCUT2D eigenvalue weighted by Gasteiger charge is 2.35. The van der Waals surface area contributed by atoms with Crippen molar-refractivity contribution in [3.8, 4) is 0 Å². The first-order valence-electron chi connectivity index (χ1n) is 7.51. The molecule has 5 nitrogen and oxygen atoms in total. The minimum atomic E-state index is -0.244. The van der Waals surface area contributed by atoms with Crippen LogP contribution in [-0.4, -0.2) is 11.0 Å². The van der Waals surface area contributed by atoms with E-state index < -0.39 is 0 Å². The van der Waals surface area contributed by atoms with Crippen LogP contribution in [0.1, 0.15) is 43.4 Å². The second kappa shape index (κ2) is 5.48. The summed E-state index contributed by atoms with van der Waals surface area (Å²) in [7, 11) is 0. The highest BCUT2D eigenvalue weighted by molar-refractivity contribution is 5.88. The summed E-state index contributed by atoms with van der Waals surface area (Å²) in [6, 6.07) is 7.15. The van der Waals surface area contributed by atoms with Gasteiger partial charge in [-0.1, -0.05) is 19.9 Å². The quantitative estimate of drug-likeness (QED) is 0.886. The van der Waals surface area contributed by atoms with Crippen molar-refractivity contribution < 1.29 is 9.21 Å². The van der Waals surface area contributed by atoms with E-state index in [1.807, 2.05) is 25.1 Å². The van der Waals surface area contributed by atoms with Crippen molar-refractivity contribution in [2.75, 3.05) is 5.32 Å². The molecule has 0 radical (unpaired) electrons. The topological polar surface area (TPSA) is 67.2 Å². The summed E-state index contributed by atoms with van der Waals surface area (Å²) in [5.41, 5.74) is 1.19. The first-order valence-corrected chi connectivity index (χ1v) is 7.51. The number of urea groups is 1. The molecule has 5 heteroatoms. The van der Waals surface area contributed by atoms with Crippen molar-refractivity contribution in [2.24, 2.45) is 5.41 Å². The van der Waals surface area contributed by atoms with Gasteiger partial charge >= 0.3 is 6.03 Å². The molecular weight excluding hydrogens is 278 g/mol. The average Bonchev–Trinajstić information content (AvgIpc) is 2.78. The molecule has 2 N–H and O–H groups in total. The Kier molecular flexibility index (Phi) is 3.64. The molecule has 1 aliphatic carbocycles. The molecule has 2 heterocycles. The van der Waals surface area contributed by atoms with Gasteiger partial charge < -0.3 is 9.73 Å². The largest absolute Gasteiger partial charge is 0.466 e. The van der Waals surface area contributed by atoms with Gasteiger partial charge in [-0.15, -0.1) is 0 Å². The van der Waals surface area contributed by atoms with Crippen molar-refractivity contribution in [1.82, 2.24) is 10.3 Å². The molecular formula is C17H21N3O2. The third-order valence-corrected chi connectivity index (χ3v) is 3.95. The number of anilines is 1. The molecule has 2 amide bonds. The zero-order chi connectivity index (χ0) is 15.7. The third kappa shape index (κ3) is 3.13. The number of nitrogens with zero attached hydrogens (tertiary/aromatic N) is 1. The van der Waals surface area contributed by atoms with E-state index >= 15 is 0 Å². The lowest BCUT2D eigenvalue weighted by molar-refractivity contribution is 0.222. The van der Waals surface area contributed by atoms with Crippen LogP contribution in [0.15, 0.2) is 34.9 Å². The zero-order valence-electron chi connectivity index (χ0n) is 13.1. The van der Waals surface area contributed by atoms with E-state index in [4.69, 9.17) is 4.42 Å². The van der Waals surface area contributed by atoms with Crippen LogP contribution in [0.4, 0.5) is 10.6 Å².